The summed E-state index contributed by atoms with van der Waals surface area (Å²) in [6, 6.07) is 5.56. The van der Waals surface area contributed by atoms with Crippen LogP contribution in [0.2, 0.25) is 0 Å². The lowest BCUT2D eigenvalue weighted by Crippen LogP contribution is -2.28. The van der Waals surface area contributed by atoms with E-state index in [0.717, 1.165) is 42.7 Å². The van der Waals surface area contributed by atoms with Gasteiger partial charge >= 0.3 is 0 Å². The van der Waals surface area contributed by atoms with E-state index in [1.807, 2.05) is 30.7 Å². The first-order valence-corrected chi connectivity index (χ1v) is 11.9. The minimum Gasteiger partial charge on any atom is -0.507 e. The van der Waals surface area contributed by atoms with Crippen molar-refractivity contribution in [2.75, 3.05) is 25.4 Å². The average Bonchev–Trinajstić information content (AvgIpc) is 3.06. The van der Waals surface area contributed by atoms with Crippen LogP contribution in [-0.2, 0) is 12.5 Å². The SMILES string of the molecule is CC(=O)c1cc([C@]23C[C@H]2CN(CCCSc2nnc(-c4ocnc4C)n2C)C3)ccc1O. The molecule has 1 N–H and O–H groups in total. The number of carbonyl (C=O) groups is 1. The lowest BCUT2D eigenvalue weighted by atomic mass is 9.92. The maximum absolute atomic E-state index is 11.8. The van der Waals surface area contributed by atoms with Crippen LogP contribution >= 0.6 is 11.8 Å². The van der Waals surface area contributed by atoms with Crippen LogP contribution in [0.15, 0.2) is 34.2 Å². The number of hydrogen-bond acceptors (Lipinski definition) is 8. The molecule has 8 nitrogen and oxygen atoms in total. The van der Waals surface area contributed by atoms with Crippen LogP contribution in [0.5, 0.6) is 5.75 Å². The second-order valence-corrected chi connectivity index (χ2v) is 9.98. The molecule has 2 atom stereocenters. The molecule has 0 spiro atoms. The number of hydrogen-bond donors (Lipinski definition) is 1. The van der Waals surface area contributed by atoms with E-state index in [-0.39, 0.29) is 16.9 Å². The van der Waals surface area contributed by atoms with Crippen molar-refractivity contribution in [1.82, 2.24) is 24.6 Å². The summed E-state index contributed by atoms with van der Waals surface area (Å²) in [5, 5.41) is 19.4. The Morgan fingerprint density at radius 1 is 1.38 bits per heavy atom. The van der Waals surface area contributed by atoms with E-state index < -0.39 is 0 Å². The Labute approximate surface area is 191 Å². The summed E-state index contributed by atoms with van der Waals surface area (Å²) < 4.78 is 7.40. The number of aryl methyl sites for hydroxylation is 1. The number of piperidine rings is 1. The van der Waals surface area contributed by atoms with E-state index in [4.69, 9.17) is 4.42 Å². The number of aromatic hydroxyl groups is 1. The van der Waals surface area contributed by atoms with Crippen LogP contribution in [0.4, 0.5) is 0 Å². The number of phenols is 1. The largest absolute Gasteiger partial charge is 0.507 e. The predicted molar refractivity (Wildman–Crippen MR) is 121 cm³/mol. The van der Waals surface area contributed by atoms with Crippen molar-refractivity contribution in [3.8, 4) is 17.3 Å². The highest BCUT2D eigenvalue weighted by atomic mass is 32.2. The fourth-order valence-electron chi connectivity index (χ4n) is 4.94. The van der Waals surface area contributed by atoms with Gasteiger partial charge in [-0.25, -0.2) is 4.98 Å². The molecule has 168 valence electrons. The molecule has 1 aliphatic heterocycles. The first-order chi connectivity index (χ1) is 15.4. The summed E-state index contributed by atoms with van der Waals surface area (Å²) in [7, 11) is 1.95. The summed E-state index contributed by atoms with van der Waals surface area (Å²) in [4.78, 5) is 18.5. The van der Waals surface area contributed by atoms with Crippen LogP contribution in [0, 0.1) is 12.8 Å². The zero-order valence-electron chi connectivity index (χ0n) is 18.5. The van der Waals surface area contributed by atoms with Crippen molar-refractivity contribution in [2.24, 2.45) is 13.0 Å². The van der Waals surface area contributed by atoms with Gasteiger partial charge in [-0.3, -0.25) is 4.79 Å². The zero-order valence-corrected chi connectivity index (χ0v) is 19.4. The molecule has 0 amide bonds. The van der Waals surface area contributed by atoms with Gasteiger partial charge in [0.2, 0.25) is 5.82 Å². The van der Waals surface area contributed by atoms with Crippen molar-refractivity contribution < 1.29 is 14.3 Å². The number of rotatable bonds is 8. The monoisotopic (exact) mass is 453 g/mol. The molecule has 5 rings (SSSR count). The Bertz CT molecular complexity index is 1170. The molecule has 0 bridgehead atoms. The van der Waals surface area contributed by atoms with Gasteiger partial charge in [0.15, 0.2) is 23.1 Å². The third kappa shape index (κ3) is 3.63. The Morgan fingerprint density at radius 2 is 2.22 bits per heavy atom. The Hall–Kier alpha value is -2.65. The van der Waals surface area contributed by atoms with Gasteiger partial charge in [-0.15, -0.1) is 10.2 Å². The van der Waals surface area contributed by atoms with Gasteiger partial charge in [-0.05, 0) is 56.8 Å². The molecule has 3 aromatic rings. The number of carbonyl (C=O) groups excluding carboxylic acids is 1. The minimum atomic E-state index is -0.0877. The minimum absolute atomic E-state index is 0.0760. The van der Waals surface area contributed by atoms with Crippen molar-refractivity contribution in [3.05, 3.63) is 41.4 Å². The number of aromatic nitrogens is 4. The van der Waals surface area contributed by atoms with Crippen LogP contribution in [-0.4, -0.2) is 60.9 Å². The Kier molecular flexibility index (Phi) is 5.33. The number of Topliss-reactive ketones (excluding diaryl/α,β-unsaturated/α-hetero) is 1. The standard InChI is InChI=1S/C23H27N5O3S/c1-14-20(31-13-24-14)21-25-26-22(27(21)3)32-8-4-7-28-11-17-10-23(17,12-28)16-5-6-19(30)18(9-16)15(2)29/h5-6,9,13,17,30H,4,7-8,10-12H2,1-3H3/t17-,23+/m0/s1. The number of ketones is 1. The molecule has 3 heterocycles. The molecule has 1 saturated carbocycles. The van der Waals surface area contributed by atoms with E-state index in [1.165, 1.54) is 25.3 Å². The maximum atomic E-state index is 11.8. The molecule has 2 fully saturated rings. The van der Waals surface area contributed by atoms with Gasteiger partial charge < -0.3 is 19.0 Å². The zero-order chi connectivity index (χ0) is 22.5. The predicted octanol–water partition coefficient (Wildman–Crippen LogP) is 3.44. The van der Waals surface area contributed by atoms with Crippen molar-refractivity contribution in [1.29, 1.82) is 0 Å². The van der Waals surface area contributed by atoms with E-state index in [2.05, 4.69) is 20.1 Å². The lowest BCUT2D eigenvalue weighted by Gasteiger charge is -2.21. The second-order valence-electron chi connectivity index (χ2n) is 8.91. The lowest BCUT2D eigenvalue weighted by molar-refractivity contribution is 0.101. The second kappa shape index (κ2) is 8.04. The van der Waals surface area contributed by atoms with E-state index in [9.17, 15) is 9.90 Å². The molecule has 1 aliphatic carbocycles. The van der Waals surface area contributed by atoms with Gasteiger partial charge in [0.25, 0.3) is 0 Å². The molecular weight excluding hydrogens is 426 g/mol. The Morgan fingerprint density at radius 3 is 2.97 bits per heavy atom. The van der Waals surface area contributed by atoms with Crippen LogP contribution in [0.3, 0.4) is 0 Å². The molecule has 0 unspecified atom stereocenters. The first kappa shape index (κ1) is 21.2. The summed E-state index contributed by atoms with van der Waals surface area (Å²) in [5.41, 5.74) is 2.58. The summed E-state index contributed by atoms with van der Waals surface area (Å²) in [6.07, 6.45) is 3.66. The molecule has 0 radical (unpaired) electrons. The summed E-state index contributed by atoms with van der Waals surface area (Å²) in [5.74, 6) is 2.95. The molecule has 2 aliphatic rings. The van der Waals surface area contributed by atoms with Crippen molar-refractivity contribution in [3.63, 3.8) is 0 Å². The Balaban J connectivity index is 1.15. The van der Waals surface area contributed by atoms with E-state index >= 15 is 0 Å². The van der Waals surface area contributed by atoms with Gasteiger partial charge in [0, 0.05) is 31.3 Å². The van der Waals surface area contributed by atoms with Gasteiger partial charge in [-0.2, -0.15) is 0 Å². The number of thioether (sulfide) groups is 1. The van der Waals surface area contributed by atoms with Crippen molar-refractivity contribution >= 4 is 17.5 Å². The number of benzene rings is 1. The topological polar surface area (TPSA) is 97.3 Å². The fourth-order valence-corrected chi connectivity index (χ4v) is 5.77. The third-order valence-corrected chi connectivity index (χ3v) is 7.91. The highest BCUT2D eigenvalue weighted by molar-refractivity contribution is 7.99. The van der Waals surface area contributed by atoms with Crippen molar-refractivity contribution in [2.45, 2.75) is 37.3 Å². The van der Waals surface area contributed by atoms with Crippen LogP contribution < -0.4 is 0 Å². The number of nitrogens with zero attached hydrogens (tertiary/aromatic N) is 5. The van der Waals surface area contributed by atoms with Gasteiger partial charge in [-0.1, -0.05) is 17.8 Å². The first-order valence-electron chi connectivity index (χ1n) is 10.9. The van der Waals surface area contributed by atoms with Crippen LogP contribution in [0.1, 0.15) is 41.4 Å². The number of phenolic OH excluding ortho intramolecular Hbond substituents is 1. The molecule has 1 saturated heterocycles. The summed E-state index contributed by atoms with van der Waals surface area (Å²) >= 11 is 1.70. The van der Waals surface area contributed by atoms with Crippen LogP contribution in [0.25, 0.3) is 11.6 Å². The van der Waals surface area contributed by atoms with E-state index in [1.54, 1.807) is 17.8 Å². The smallest absolute Gasteiger partial charge is 0.202 e. The van der Waals surface area contributed by atoms with E-state index in [0.29, 0.717) is 23.1 Å². The summed E-state index contributed by atoms with van der Waals surface area (Å²) in [6.45, 7) is 6.55. The molecular formula is C23H27N5O3S. The highest BCUT2D eigenvalue weighted by Gasteiger charge is 2.60. The number of oxazole rings is 1. The highest BCUT2D eigenvalue weighted by Crippen LogP contribution is 2.59. The number of likely N-dealkylation sites (tertiary alicyclic amines) is 1. The quantitative estimate of drug-likeness (QED) is 0.315. The molecule has 9 heteroatoms. The third-order valence-electron chi connectivity index (χ3n) is 6.80. The van der Waals surface area contributed by atoms with Gasteiger partial charge in [0.05, 0.1) is 11.3 Å². The normalized spacial score (nSPS) is 22.3. The maximum Gasteiger partial charge on any atom is 0.202 e. The molecule has 2 aromatic heterocycles. The number of fused-ring (bicyclic) bond motifs is 1. The van der Waals surface area contributed by atoms with Gasteiger partial charge in [0.1, 0.15) is 5.75 Å². The fraction of sp³-hybridized carbons (Fsp3) is 0.478. The molecule has 1 aromatic carbocycles. The molecule has 32 heavy (non-hydrogen) atoms. The average molecular weight is 454 g/mol.